The molecule has 150 valence electrons. The van der Waals surface area contributed by atoms with E-state index in [0.29, 0.717) is 6.07 Å². The summed E-state index contributed by atoms with van der Waals surface area (Å²) in [6.07, 6.45) is 0.929. The molecule has 0 spiro atoms. The number of ether oxygens (including phenoxy) is 1. The summed E-state index contributed by atoms with van der Waals surface area (Å²) in [5.74, 6) is -3.18. The van der Waals surface area contributed by atoms with Gasteiger partial charge in [0.15, 0.2) is 6.61 Å². The number of amides is 1. The molecule has 0 saturated heterocycles. The van der Waals surface area contributed by atoms with Crippen LogP contribution < -0.4 is 10.0 Å². The molecular weight excluding hydrogens is 394 g/mol. The van der Waals surface area contributed by atoms with E-state index in [-0.39, 0.29) is 16.8 Å². The van der Waals surface area contributed by atoms with Gasteiger partial charge in [0.1, 0.15) is 11.6 Å². The summed E-state index contributed by atoms with van der Waals surface area (Å²) < 4.78 is 56.5. The lowest BCUT2D eigenvalue weighted by Gasteiger charge is -2.15. The zero-order chi connectivity index (χ0) is 20.9. The standard InChI is InChI=1S/C18H18F2N2O5S/c1-11(13-8-7-12(19)9-15(13)20)21-17(23)10-27-18(24)14-5-3-4-6-16(14)22-28(2,25)26/h3-9,11,22H,10H2,1-2H3,(H,21,23)/t11-/m0/s1. The lowest BCUT2D eigenvalue weighted by Crippen LogP contribution is -2.31. The van der Waals surface area contributed by atoms with Gasteiger partial charge in [0.2, 0.25) is 10.0 Å². The Kier molecular flexibility index (Phi) is 6.68. The van der Waals surface area contributed by atoms with Gasteiger partial charge in [0.25, 0.3) is 5.91 Å². The van der Waals surface area contributed by atoms with E-state index in [1.54, 1.807) is 0 Å². The number of hydrogen-bond donors (Lipinski definition) is 2. The minimum atomic E-state index is -3.62. The molecule has 0 fully saturated rings. The zero-order valence-corrected chi connectivity index (χ0v) is 15.8. The van der Waals surface area contributed by atoms with Crippen molar-refractivity contribution in [1.29, 1.82) is 0 Å². The Morgan fingerprint density at radius 1 is 1.14 bits per heavy atom. The number of nitrogens with one attached hydrogen (secondary N) is 2. The molecule has 2 aromatic rings. The Bertz CT molecular complexity index is 995. The molecule has 0 unspecified atom stereocenters. The van der Waals surface area contributed by atoms with E-state index in [4.69, 9.17) is 4.74 Å². The number of hydrogen-bond acceptors (Lipinski definition) is 5. The largest absolute Gasteiger partial charge is 0.452 e. The number of esters is 1. The van der Waals surface area contributed by atoms with Crippen LogP contribution in [-0.4, -0.2) is 33.2 Å². The average Bonchev–Trinajstić information content (AvgIpc) is 2.58. The van der Waals surface area contributed by atoms with Gasteiger partial charge in [-0.2, -0.15) is 0 Å². The van der Waals surface area contributed by atoms with Crippen LogP contribution in [0.15, 0.2) is 42.5 Å². The smallest absolute Gasteiger partial charge is 0.340 e. The molecular formula is C18H18F2N2O5S. The maximum Gasteiger partial charge on any atom is 0.340 e. The molecule has 2 aromatic carbocycles. The molecule has 10 heteroatoms. The number of carbonyl (C=O) groups excluding carboxylic acids is 2. The number of benzene rings is 2. The quantitative estimate of drug-likeness (QED) is 0.680. The van der Waals surface area contributed by atoms with Gasteiger partial charge in [0, 0.05) is 11.6 Å². The minimum absolute atomic E-state index is 0.0113. The maximum atomic E-state index is 13.7. The molecule has 1 amide bonds. The topological polar surface area (TPSA) is 102 Å². The SMILES string of the molecule is C[C@H](NC(=O)COC(=O)c1ccccc1NS(C)(=O)=O)c1ccc(F)cc1F. The second-order valence-electron chi connectivity index (χ2n) is 5.95. The van der Waals surface area contributed by atoms with Gasteiger partial charge < -0.3 is 10.1 Å². The highest BCUT2D eigenvalue weighted by molar-refractivity contribution is 7.92. The predicted molar refractivity (Wildman–Crippen MR) is 98.1 cm³/mol. The van der Waals surface area contributed by atoms with Crippen molar-refractivity contribution in [3.8, 4) is 0 Å². The van der Waals surface area contributed by atoms with Gasteiger partial charge in [-0.15, -0.1) is 0 Å². The summed E-state index contributed by atoms with van der Waals surface area (Å²) in [6.45, 7) is 0.820. The summed E-state index contributed by atoms with van der Waals surface area (Å²) in [5.41, 5.74) is 0.0132. The van der Waals surface area contributed by atoms with Gasteiger partial charge in [-0.05, 0) is 25.1 Å². The lowest BCUT2D eigenvalue weighted by atomic mass is 10.1. The van der Waals surface area contributed by atoms with Crippen LogP contribution in [0, 0.1) is 11.6 Å². The average molecular weight is 412 g/mol. The van der Waals surface area contributed by atoms with Crippen LogP contribution in [0.25, 0.3) is 0 Å². The Morgan fingerprint density at radius 2 is 1.82 bits per heavy atom. The highest BCUT2D eigenvalue weighted by Gasteiger charge is 2.18. The molecule has 0 aliphatic heterocycles. The summed E-state index contributed by atoms with van der Waals surface area (Å²) in [4.78, 5) is 24.1. The van der Waals surface area contributed by atoms with Gasteiger partial charge in [-0.1, -0.05) is 18.2 Å². The number of halogens is 2. The number of para-hydroxylation sites is 1. The molecule has 0 aromatic heterocycles. The molecule has 2 N–H and O–H groups in total. The van der Waals surface area contributed by atoms with E-state index < -0.39 is 46.2 Å². The van der Waals surface area contributed by atoms with Crippen LogP contribution in [0.5, 0.6) is 0 Å². The lowest BCUT2D eigenvalue weighted by molar-refractivity contribution is -0.124. The number of carbonyl (C=O) groups is 2. The fourth-order valence-corrected chi connectivity index (χ4v) is 2.95. The number of anilines is 1. The molecule has 28 heavy (non-hydrogen) atoms. The van der Waals surface area contributed by atoms with Crippen LogP contribution >= 0.6 is 0 Å². The highest BCUT2D eigenvalue weighted by Crippen LogP contribution is 2.19. The number of rotatable bonds is 7. The van der Waals surface area contributed by atoms with Crippen molar-refractivity contribution in [2.45, 2.75) is 13.0 Å². The molecule has 0 saturated carbocycles. The third-order valence-electron chi connectivity index (χ3n) is 3.58. The molecule has 1 atom stereocenters. The number of sulfonamides is 1. The summed E-state index contributed by atoms with van der Waals surface area (Å²) in [6, 6.07) is 7.91. The van der Waals surface area contributed by atoms with E-state index in [0.717, 1.165) is 12.3 Å². The highest BCUT2D eigenvalue weighted by atomic mass is 32.2. The Morgan fingerprint density at radius 3 is 2.46 bits per heavy atom. The van der Waals surface area contributed by atoms with Crippen LogP contribution in [-0.2, 0) is 19.6 Å². The maximum absolute atomic E-state index is 13.7. The first kappa shape index (κ1) is 21.3. The van der Waals surface area contributed by atoms with Crippen molar-refractivity contribution in [3.05, 3.63) is 65.2 Å². The van der Waals surface area contributed by atoms with Crippen molar-refractivity contribution in [2.24, 2.45) is 0 Å². The first-order chi connectivity index (χ1) is 13.1. The summed E-state index contributed by atoms with van der Waals surface area (Å²) in [5, 5.41) is 2.43. The third kappa shape index (κ3) is 6.02. The van der Waals surface area contributed by atoms with E-state index in [1.807, 2.05) is 0 Å². The van der Waals surface area contributed by atoms with Crippen molar-refractivity contribution in [3.63, 3.8) is 0 Å². The van der Waals surface area contributed by atoms with Crippen LogP contribution in [0.2, 0.25) is 0 Å². The van der Waals surface area contributed by atoms with E-state index in [1.165, 1.54) is 37.3 Å². The molecule has 0 aliphatic rings. The van der Waals surface area contributed by atoms with Crippen molar-refractivity contribution >= 4 is 27.6 Å². The molecule has 0 radical (unpaired) electrons. The van der Waals surface area contributed by atoms with Gasteiger partial charge >= 0.3 is 5.97 Å². The van der Waals surface area contributed by atoms with Crippen LogP contribution in [0.4, 0.5) is 14.5 Å². The zero-order valence-electron chi connectivity index (χ0n) is 15.0. The van der Waals surface area contributed by atoms with E-state index in [9.17, 15) is 26.8 Å². The molecule has 7 nitrogen and oxygen atoms in total. The predicted octanol–water partition coefficient (Wildman–Crippen LogP) is 2.37. The first-order valence-corrected chi connectivity index (χ1v) is 9.94. The Labute approximate surface area is 160 Å². The minimum Gasteiger partial charge on any atom is -0.452 e. The normalized spacial score (nSPS) is 12.1. The molecule has 0 bridgehead atoms. The van der Waals surface area contributed by atoms with Crippen LogP contribution in [0.1, 0.15) is 28.9 Å². The fraction of sp³-hybridized carbons (Fsp3) is 0.222. The molecule has 0 heterocycles. The van der Waals surface area contributed by atoms with Gasteiger partial charge in [0.05, 0.1) is 23.5 Å². The summed E-state index contributed by atoms with van der Waals surface area (Å²) >= 11 is 0. The van der Waals surface area contributed by atoms with Gasteiger partial charge in [-0.25, -0.2) is 22.0 Å². The van der Waals surface area contributed by atoms with Gasteiger partial charge in [-0.3, -0.25) is 9.52 Å². The van der Waals surface area contributed by atoms with Crippen molar-refractivity contribution in [1.82, 2.24) is 5.32 Å². The second kappa shape index (κ2) is 8.79. The van der Waals surface area contributed by atoms with Crippen molar-refractivity contribution in [2.75, 3.05) is 17.6 Å². The third-order valence-corrected chi connectivity index (χ3v) is 4.17. The fourth-order valence-electron chi connectivity index (χ4n) is 2.37. The molecule has 0 aliphatic carbocycles. The summed E-state index contributed by atoms with van der Waals surface area (Å²) in [7, 11) is -3.62. The Hall–Kier alpha value is -3.01. The monoisotopic (exact) mass is 412 g/mol. The van der Waals surface area contributed by atoms with E-state index in [2.05, 4.69) is 10.0 Å². The van der Waals surface area contributed by atoms with Crippen LogP contribution in [0.3, 0.4) is 0 Å². The van der Waals surface area contributed by atoms with Crippen molar-refractivity contribution < 1.29 is 31.5 Å². The molecule has 2 rings (SSSR count). The second-order valence-corrected chi connectivity index (χ2v) is 7.70. The van der Waals surface area contributed by atoms with E-state index >= 15 is 0 Å². The first-order valence-electron chi connectivity index (χ1n) is 8.05. The Balaban J connectivity index is 1.98.